The fourth-order valence-corrected chi connectivity index (χ4v) is 1.54. The Labute approximate surface area is 86.7 Å². The van der Waals surface area contributed by atoms with Crippen molar-refractivity contribution in [2.24, 2.45) is 0 Å². The molecule has 0 aromatic heterocycles. The average molecular weight is 209 g/mol. The molecule has 5 heteroatoms. The molecule has 0 aliphatic carbocycles. The summed E-state index contributed by atoms with van der Waals surface area (Å²) in [5.74, 6) is 0.591. The van der Waals surface area contributed by atoms with Crippen molar-refractivity contribution in [3.63, 3.8) is 0 Å². The van der Waals surface area contributed by atoms with E-state index >= 15 is 0 Å². The van der Waals surface area contributed by atoms with Crippen molar-refractivity contribution in [1.29, 1.82) is 0 Å². The second kappa shape index (κ2) is 3.34. The third-order valence-electron chi connectivity index (χ3n) is 2.32. The van der Waals surface area contributed by atoms with Crippen LogP contribution in [0.2, 0.25) is 0 Å². The molecule has 0 bridgehead atoms. The number of fused-ring (bicyclic) bond motifs is 1. The Morgan fingerprint density at radius 3 is 2.80 bits per heavy atom. The Hall–Kier alpha value is -1.91. The summed E-state index contributed by atoms with van der Waals surface area (Å²) >= 11 is 0. The summed E-state index contributed by atoms with van der Waals surface area (Å²) in [5, 5.41) is 0. The maximum absolute atomic E-state index is 11.4. The molecule has 80 valence electrons. The van der Waals surface area contributed by atoms with E-state index in [0.717, 1.165) is 0 Å². The lowest BCUT2D eigenvalue weighted by atomic mass is 10.1. The fourth-order valence-electron chi connectivity index (χ4n) is 1.54. The molecule has 1 heterocycles. The lowest BCUT2D eigenvalue weighted by Gasteiger charge is -2.08. The molecule has 0 fully saturated rings. The normalized spacial score (nSPS) is 12.7. The van der Waals surface area contributed by atoms with Gasteiger partial charge in [-0.1, -0.05) is 0 Å². The predicted octanol–water partition coefficient (Wildman–Crippen LogP) is 1.09. The Kier molecular flexibility index (Phi) is 2.15. The van der Waals surface area contributed by atoms with Crippen molar-refractivity contribution in [2.75, 3.05) is 19.6 Å². The predicted molar refractivity (Wildman–Crippen MR) is 53.1 cm³/mol. The molecule has 0 unspecified atom stereocenters. The highest BCUT2D eigenvalue weighted by Gasteiger charge is 2.24. The molecule has 1 aromatic rings. The molecule has 1 aromatic carbocycles. The molecule has 1 aliphatic heterocycles. The Bertz CT molecular complexity index is 428. The summed E-state index contributed by atoms with van der Waals surface area (Å²) < 4.78 is 15.1. The van der Waals surface area contributed by atoms with Crippen LogP contribution in [0.3, 0.4) is 0 Å². The molecule has 0 atom stereocenters. The summed E-state index contributed by atoms with van der Waals surface area (Å²) in [6.07, 6.45) is 0. The largest absolute Gasteiger partial charge is 0.465 e. The number of benzene rings is 1. The minimum absolute atomic E-state index is 0.130. The molecule has 2 N–H and O–H groups in total. The standard InChI is InChI=1S/C10H11NO4/c1-5-6(10(12)13-2)3-7(11)9-8(5)14-4-15-9/h3H,4,11H2,1-2H3. The molecular weight excluding hydrogens is 198 g/mol. The fraction of sp³-hybridized carbons (Fsp3) is 0.300. The van der Waals surface area contributed by atoms with E-state index < -0.39 is 5.97 Å². The summed E-state index contributed by atoms with van der Waals surface area (Å²) in [7, 11) is 1.32. The smallest absolute Gasteiger partial charge is 0.338 e. The van der Waals surface area contributed by atoms with E-state index in [9.17, 15) is 4.79 Å². The first-order valence-electron chi connectivity index (χ1n) is 4.42. The molecule has 5 nitrogen and oxygen atoms in total. The zero-order chi connectivity index (χ0) is 11.0. The number of nitrogen functional groups attached to an aromatic ring is 1. The SMILES string of the molecule is COC(=O)c1cc(N)c2c(c1C)OCO2. The summed E-state index contributed by atoms with van der Waals surface area (Å²) in [6, 6.07) is 1.54. The second-order valence-corrected chi connectivity index (χ2v) is 3.19. The number of methoxy groups -OCH3 is 1. The number of carbonyl (C=O) groups is 1. The van der Waals surface area contributed by atoms with Gasteiger partial charge >= 0.3 is 5.97 Å². The third kappa shape index (κ3) is 1.36. The van der Waals surface area contributed by atoms with E-state index in [-0.39, 0.29) is 6.79 Å². The minimum Gasteiger partial charge on any atom is -0.465 e. The number of carbonyl (C=O) groups excluding carboxylic acids is 1. The van der Waals surface area contributed by atoms with Crippen LogP contribution in [-0.4, -0.2) is 19.9 Å². The highest BCUT2D eigenvalue weighted by molar-refractivity contribution is 5.94. The van der Waals surface area contributed by atoms with Crippen LogP contribution in [-0.2, 0) is 4.74 Å². The van der Waals surface area contributed by atoms with Gasteiger partial charge in [0.15, 0.2) is 11.5 Å². The first-order chi connectivity index (χ1) is 7.15. The molecule has 2 rings (SSSR count). The van der Waals surface area contributed by atoms with Crippen molar-refractivity contribution >= 4 is 11.7 Å². The molecule has 0 saturated carbocycles. The summed E-state index contributed by atoms with van der Waals surface area (Å²) in [4.78, 5) is 11.4. The van der Waals surface area contributed by atoms with Gasteiger partial charge in [-0.15, -0.1) is 0 Å². The van der Waals surface area contributed by atoms with Crippen molar-refractivity contribution < 1.29 is 19.0 Å². The highest BCUT2D eigenvalue weighted by atomic mass is 16.7. The number of rotatable bonds is 1. The zero-order valence-electron chi connectivity index (χ0n) is 8.49. The zero-order valence-corrected chi connectivity index (χ0v) is 8.49. The van der Waals surface area contributed by atoms with E-state index in [1.165, 1.54) is 13.2 Å². The molecule has 15 heavy (non-hydrogen) atoms. The number of esters is 1. The summed E-state index contributed by atoms with van der Waals surface area (Å²) in [5.41, 5.74) is 7.19. The molecule has 0 amide bonds. The van der Waals surface area contributed by atoms with E-state index in [4.69, 9.17) is 15.2 Å². The van der Waals surface area contributed by atoms with Crippen molar-refractivity contribution in [3.05, 3.63) is 17.2 Å². The maximum atomic E-state index is 11.4. The molecule has 0 radical (unpaired) electrons. The monoisotopic (exact) mass is 209 g/mol. The second-order valence-electron chi connectivity index (χ2n) is 3.19. The Balaban J connectivity index is 2.59. The lowest BCUT2D eigenvalue weighted by molar-refractivity contribution is 0.0599. The molecule has 1 aliphatic rings. The van der Waals surface area contributed by atoms with Gasteiger partial charge in [0.1, 0.15) is 0 Å². The molecular formula is C10H11NO4. The van der Waals surface area contributed by atoms with E-state index in [1.807, 2.05) is 0 Å². The van der Waals surface area contributed by atoms with Crippen LogP contribution in [0.5, 0.6) is 11.5 Å². The van der Waals surface area contributed by atoms with Crippen LogP contribution in [0.25, 0.3) is 0 Å². The van der Waals surface area contributed by atoms with Gasteiger partial charge in [0, 0.05) is 5.56 Å². The van der Waals surface area contributed by atoms with Gasteiger partial charge < -0.3 is 19.9 Å². The van der Waals surface area contributed by atoms with E-state index in [2.05, 4.69) is 4.74 Å². The van der Waals surface area contributed by atoms with E-state index in [1.54, 1.807) is 6.92 Å². The topological polar surface area (TPSA) is 70.8 Å². The maximum Gasteiger partial charge on any atom is 0.338 e. The van der Waals surface area contributed by atoms with Crippen LogP contribution in [0.4, 0.5) is 5.69 Å². The highest BCUT2D eigenvalue weighted by Crippen LogP contribution is 2.42. The number of nitrogens with two attached hydrogens (primary N) is 1. The van der Waals surface area contributed by atoms with Crippen molar-refractivity contribution in [2.45, 2.75) is 6.92 Å². The van der Waals surface area contributed by atoms with Gasteiger partial charge in [-0.2, -0.15) is 0 Å². The van der Waals surface area contributed by atoms with Gasteiger partial charge in [-0.25, -0.2) is 4.79 Å². The average Bonchev–Trinajstić information content (AvgIpc) is 2.71. The summed E-state index contributed by atoms with van der Waals surface area (Å²) in [6.45, 7) is 1.89. The van der Waals surface area contributed by atoms with Crippen molar-refractivity contribution in [1.82, 2.24) is 0 Å². The molecule has 0 spiro atoms. The van der Waals surface area contributed by atoms with Crippen molar-refractivity contribution in [3.8, 4) is 11.5 Å². The lowest BCUT2D eigenvalue weighted by Crippen LogP contribution is -2.05. The quantitative estimate of drug-likeness (QED) is 0.553. The molecule has 0 saturated heterocycles. The van der Waals surface area contributed by atoms with Crippen LogP contribution in [0.15, 0.2) is 6.07 Å². The first kappa shape index (κ1) is 9.64. The van der Waals surface area contributed by atoms with Gasteiger partial charge in [0.05, 0.1) is 18.4 Å². The number of anilines is 1. The van der Waals surface area contributed by atoms with Gasteiger partial charge in [-0.05, 0) is 13.0 Å². The van der Waals surface area contributed by atoms with Gasteiger partial charge in [-0.3, -0.25) is 0 Å². The number of hydrogen-bond donors (Lipinski definition) is 1. The van der Waals surface area contributed by atoms with Gasteiger partial charge in [0.2, 0.25) is 6.79 Å². The minimum atomic E-state index is -0.433. The van der Waals surface area contributed by atoms with Gasteiger partial charge in [0.25, 0.3) is 0 Å². The third-order valence-corrected chi connectivity index (χ3v) is 2.32. The number of hydrogen-bond acceptors (Lipinski definition) is 5. The van der Waals surface area contributed by atoms with Crippen LogP contribution >= 0.6 is 0 Å². The van der Waals surface area contributed by atoms with E-state index in [0.29, 0.717) is 28.3 Å². The van der Waals surface area contributed by atoms with Crippen LogP contribution in [0, 0.1) is 6.92 Å². The Morgan fingerprint density at radius 2 is 2.13 bits per heavy atom. The number of ether oxygens (including phenoxy) is 3. The Morgan fingerprint density at radius 1 is 1.47 bits per heavy atom. The first-order valence-corrected chi connectivity index (χ1v) is 4.42. The van der Waals surface area contributed by atoms with Crippen LogP contribution < -0.4 is 15.2 Å². The van der Waals surface area contributed by atoms with Crippen LogP contribution in [0.1, 0.15) is 15.9 Å².